The summed E-state index contributed by atoms with van der Waals surface area (Å²) >= 11 is -1.60. The number of hydrogen-bond donors (Lipinski definition) is 0. The number of hydrogen-bond acceptors (Lipinski definition) is 0. The third-order valence-corrected chi connectivity index (χ3v) is 0. The summed E-state index contributed by atoms with van der Waals surface area (Å²) in [5.41, 5.74) is 0. The summed E-state index contributed by atoms with van der Waals surface area (Å²) in [7, 11) is 10.5. The van der Waals surface area contributed by atoms with Crippen LogP contribution in [0.25, 0.3) is 0 Å². The summed E-state index contributed by atoms with van der Waals surface area (Å²) in [5.74, 6) is 0. The molecule has 3 heteroatoms. The van der Waals surface area contributed by atoms with Crippen molar-refractivity contribution in [2.24, 2.45) is 0 Å². The number of halogens is 2. The van der Waals surface area contributed by atoms with Gasteiger partial charge in [0.25, 0.3) is 0 Å². The van der Waals surface area contributed by atoms with Gasteiger partial charge in [0.2, 0.25) is 0 Å². The summed E-state index contributed by atoms with van der Waals surface area (Å²) < 4.78 is 1.89. The van der Waals surface area contributed by atoms with Gasteiger partial charge in [0.05, 0.1) is 0 Å². The molecule has 0 heterocycles. The Kier molecular flexibility index (Phi) is 3.67. The van der Waals surface area contributed by atoms with Crippen LogP contribution in [0.3, 0.4) is 0 Å². The molecule has 0 aromatic carbocycles. The van der Waals surface area contributed by atoms with E-state index in [-0.39, 0.29) is 0 Å². The molecule has 0 fully saturated rings. The van der Waals surface area contributed by atoms with Gasteiger partial charge in [-0.1, -0.05) is 0 Å². The molecule has 0 spiro atoms. The van der Waals surface area contributed by atoms with Crippen LogP contribution in [-0.2, 0) is 19.4 Å². The molecule has 0 aromatic heterocycles. The van der Waals surface area contributed by atoms with E-state index in [9.17, 15) is 0 Å². The van der Waals surface area contributed by atoms with Crippen LogP contribution in [0.4, 0.5) is 0 Å². The second-order valence-electron chi connectivity index (χ2n) is 0.449. The first-order valence-corrected chi connectivity index (χ1v) is 9.67. The fourth-order valence-corrected chi connectivity index (χ4v) is 0. The van der Waals surface area contributed by atoms with E-state index in [1.165, 1.54) is 0 Å². The van der Waals surface area contributed by atoms with Crippen molar-refractivity contribution in [3.05, 3.63) is 0 Å². The molecule has 0 bridgehead atoms. The number of rotatable bonds is 0. The molecule has 0 aromatic rings. The van der Waals surface area contributed by atoms with Crippen molar-refractivity contribution < 1.29 is 19.4 Å². The Morgan fingerprint density at radius 1 is 1.50 bits per heavy atom. The molecule has 0 nitrogen and oxygen atoms in total. The van der Waals surface area contributed by atoms with Crippen molar-refractivity contribution in [1.82, 2.24) is 0 Å². The minimum absolute atomic E-state index is 1.60. The normalized spacial score (nSPS) is 6.75. The quantitative estimate of drug-likeness (QED) is 0.530. The third kappa shape index (κ3) is 9.81. The first-order valence-electron chi connectivity index (χ1n) is 0.878. The van der Waals surface area contributed by atoms with Crippen LogP contribution in [0.1, 0.15) is 0 Å². The van der Waals surface area contributed by atoms with Crippen molar-refractivity contribution in [1.29, 1.82) is 0 Å². The summed E-state index contributed by atoms with van der Waals surface area (Å²) in [6.07, 6.45) is 0. The van der Waals surface area contributed by atoms with Gasteiger partial charge in [0, 0.05) is 0 Å². The van der Waals surface area contributed by atoms with Crippen LogP contribution >= 0.6 is 17.0 Å². The molecule has 0 aliphatic heterocycles. The van der Waals surface area contributed by atoms with E-state index in [4.69, 9.17) is 17.0 Å². The van der Waals surface area contributed by atoms with Crippen molar-refractivity contribution in [3.63, 3.8) is 0 Å². The van der Waals surface area contributed by atoms with Crippen molar-refractivity contribution in [2.75, 3.05) is 0 Å². The average molecular weight is 177 g/mol. The zero-order chi connectivity index (χ0) is 3.58. The Morgan fingerprint density at radius 3 is 1.50 bits per heavy atom. The molecule has 0 aliphatic rings. The Morgan fingerprint density at radius 2 is 1.50 bits per heavy atom. The van der Waals surface area contributed by atoms with Gasteiger partial charge in [-0.05, 0) is 0 Å². The van der Waals surface area contributed by atoms with Crippen LogP contribution in [0.5, 0.6) is 0 Å². The van der Waals surface area contributed by atoms with Gasteiger partial charge in [-0.15, -0.1) is 0 Å². The Bertz CT molecular complexity index is 10.8. The van der Waals surface area contributed by atoms with Gasteiger partial charge < -0.3 is 0 Å². The second-order valence-corrected chi connectivity index (χ2v) is 10.5. The maximum absolute atomic E-state index is 5.24. The van der Waals surface area contributed by atoms with Gasteiger partial charge >= 0.3 is 41.0 Å². The van der Waals surface area contributed by atoms with Crippen LogP contribution in [0.2, 0.25) is 4.63 Å². The monoisotopic (exact) mass is 175 g/mol. The van der Waals surface area contributed by atoms with Gasteiger partial charge in [-0.2, -0.15) is 0 Å². The van der Waals surface area contributed by atoms with E-state index in [0.29, 0.717) is 0 Å². The van der Waals surface area contributed by atoms with E-state index in [1.807, 2.05) is 4.63 Å². The predicted octanol–water partition coefficient (Wildman–Crippen LogP) is 1.96. The molecule has 0 atom stereocenters. The second kappa shape index (κ2) is 2.69. The molecule has 4 heavy (non-hydrogen) atoms. The summed E-state index contributed by atoms with van der Waals surface area (Å²) in [4.78, 5) is 0. The van der Waals surface area contributed by atoms with E-state index in [0.717, 1.165) is 0 Å². The third-order valence-electron chi connectivity index (χ3n) is 0. The van der Waals surface area contributed by atoms with Crippen molar-refractivity contribution in [3.8, 4) is 0 Å². The average Bonchev–Trinajstić information content (AvgIpc) is 0.811. The van der Waals surface area contributed by atoms with E-state index < -0.39 is 19.4 Å². The zero-order valence-electron chi connectivity index (χ0n) is 2.26. The van der Waals surface area contributed by atoms with Gasteiger partial charge in [0.1, 0.15) is 0 Å². The molecule has 0 radical (unpaired) electrons. The van der Waals surface area contributed by atoms with Crippen molar-refractivity contribution in [2.45, 2.75) is 4.63 Å². The van der Waals surface area contributed by atoms with Crippen LogP contribution in [-0.4, -0.2) is 0 Å². The Labute approximate surface area is 40.9 Å². The van der Waals surface area contributed by atoms with Gasteiger partial charge in [0.15, 0.2) is 0 Å². The zero-order valence-corrected chi connectivity index (χ0v) is 6.23. The molecule has 0 N–H and O–H groups in total. The molecular formula is CH3Cl2Zr. The molecule has 0 unspecified atom stereocenters. The topological polar surface area (TPSA) is 0 Å². The molecule has 0 saturated carbocycles. The van der Waals surface area contributed by atoms with Crippen LogP contribution in [0.15, 0.2) is 0 Å². The predicted molar refractivity (Wildman–Crippen MR) is 17.6 cm³/mol. The van der Waals surface area contributed by atoms with Crippen LogP contribution < -0.4 is 0 Å². The molecule has 0 aliphatic carbocycles. The first kappa shape index (κ1) is 5.46. The van der Waals surface area contributed by atoms with E-state index in [2.05, 4.69) is 0 Å². The molecule has 0 amide bonds. The van der Waals surface area contributed by atoms with Crippen LogP contribution in [0, 0.1) is 0 Å². The molecule has 0 rings (SSSR count). The van der Waals surface area contributed by atoms with E-state index in [1.54, 1.807) is 0 Å². The summed E-state index contributed by atoms with van der Waals surface area (Å²) in [6, 6.07) is 0. The minimum atomic E-state index is -1.60. The van der Waals surface area contributed by atoms with Crippen molar-refractivity contribution >= 4 is 17.0 Å². The van der Waals surface area contributed by atoms with Gasteiger partial charge in [-0.3, -0.25) is 0 Å². The molecule has 0 saturated heterocycles. The maximum atomic E-state index is 5.24. The van der Waals surface area contributed by atoms with E-state index >= 15 is 0 Å². The molecular weight excluding hydrogens is 174 g/mol. The molecule has 25 valence electrons. The fraction of sp³-hybridized carbons (Fsp3) is 1.00. The SMILES string of the molecule is [CH3][Zr]([Cl])[Cl]. The Hall–Kier alpha value is 1.46. The summed E-state index contributed by atoms with van der Waals surface area (Å²) in [6.45, 7) is 0. The summed E-state index contributed by atoms with van der Waals surface area (Å²) in [5, 5.41) is 0. The standard InChI is InChI=1S/CH3.2ClH.Zr/h1H3;2*1H;/q;;;+2/p-2. The fourth-order valence-electron chi connectivity index (χ4n) is 0. The first-order chi connectivity index (χ1) is 1.73. The Balaban J connectivity index is 2.32. The van der Waals surface area contributed by atoms with Gasteiger partial charge in [-0.25, -0.2) is 0 Å².